The number of rotatable bonds is 5. The van der Waals surface area contributed by atoms with E-state index in [-0.39, 0.29) is 0 Å². The Kier molecular flexibility index (Phi) is 4.40. The number of fused-ring (bicyclic) bond motifs is 1. The van der Waals surface area contributed by atoms with Crippen molar-refractivity contribution in [1.82, 2.24) is 19.8 Å². The fourth-order valence-electron chi connectivity index (χ4n) is 2.23. The molecule has 0 saturated heterocycles. The fourth-order valence-corrected chi connectivity index (χ4v) is 3.81. The molecule has 4 rings (SSSR count). The average molecular weight is 350 g/mol. The molecule has 24 heavy (non-hydrogen) atoms. The normalized spacial score (nSPS) is 11.5. The van der Waals surface area contributed by atoms with Crippen LogP contribution in [0.4, 0.5) is 0 Å². The van der Waals surface area contributed by atoms with Gasteiger partial charge < -0.3 is 0 Å². The van der Waals surface area contributed by atoms with Gasteiger partial charge in [0.1, 0.15) is 5.01 Å². The lowest BCUT2D eigenvalue weighted by molar-refractivity contribution is 0.880. The molecule has 0 amide bonds. The Hall–Kier alpha value is -2.44. The van der Waals surface area contributed by atoms with Crippen LogP contribution in [0.2, 0.25) is 0 Å². The van der Waals surface area contributed by atoms with Gasteiger partial charge in [-0.2, -0.15) is 9.61 Å². The van der Waals surface area contributed by atoms with E-state index >= 15 is 0 Å². The van der Waals surface area contributed by atoms with E-state index in [2.05, 4.69) is 45.6 Å². The van der Waals surface area contributed by atoms with Crippen LogP contribution in [0.15, 0.2) is 65.6 Å². The van der Waals surface area contributed by atoms with E-state index in [9.17, 15) is 0 Å². The molecule has 2 heterocycles. The molecule has 0 N–H and O–H groups in total. The van der Waals surface area contributed by atoms with Crippen molar-refractivity contribution in [2.24, 2.45) is 0 Å². The Morgan fingerprint density at radius 1 is 0.917 bits per heavy atom. The van der Waals surface area contributed by atoms with Crippen molar-refractivity contribution in [1.29, 1.82) is 0 Å². The summed E-state index contributed by atoms with van der Waals surface area (Å²) in [5.41, 5.74) is 1.16. The summed E-state index contributed by atoms with van der Waals surface area (Å²) in [5, 5.41) is 14.0. The second-order valence-corrected chi connectivity index (χ2v) is 7.13. The van der Waals surface area contributed by atoms with Crippen molar-refractivity contribution in [3.05, 3.63) is 77.1 Å². The number of hydrogen-bond acceptors (Lipinski definition) is 5. The molecule has 118 valence electrons. The highest BCUT2D eigenvalue weighted by Crippen LogP contribution is 2.23. The summed E-state index contributed by atoms with van der Waals surface area (Å²) in [6.07, 6.45) is 4.08. The second kappa shape index (κ2) is 6.98. The van der Waals surface area contributed by atoms with Gasteiger partial charge in [0.15, 0.2) is 5.82 Å². The quantitative estimate of drug-likeness (QED) is 0.492. The summed E-state index contributed by atoms with van der Waals surface area (Å²) < 4.78 is 1.84. The van der Waals surface area contributed by atoms with Gasteiger partial charge in [0.2, 0.25) is 4.96 Å². The lowest BCUT2D eigenvalue weighted by Crippen LogP contribution is -1.93. The van der Waals surface area contributed by atoms with Crippen molar-refractivity contribution in [2.45, 2.75) is 10.6 Å². The molecule has 6 heteroatoms. The predicted molar refractivity (Wildman–Crippen MR) is 100 cm³/mol. The third-order valence-corrected chi connectivity index (χ3v) is 5.27. The summed E-state index contributed by atoms with van der Waals surface area (Å²) in [6.45, 7) is 0. The number of thioether (sulfide) groups is 1. The predicted octanol–water partition coefficient (Wildman–Crippen LogP) is 4.65. The van der Waals surface area contributed by atoms with Gasteiger partial charge in [-0.3, -0.25) is 0 Å². The van der Waals surface area contributed by atoms with Crippen molar-refractivity contribution in [2.75, 3.05) is 0 Å². The molecular formula is C18H14N4S2. The highest BCUT2D eigenvalue weighted by molar-refractivity contribution is 7.98. The lowest BCUT2D eigenvalue weighted by Gasteiger charge is -1.98. The first-order valence-corrected chi connectivity index (χ1v) is 9.31. The first kappa shape index (κ1) is 15.1. The van der Waals surface area contributed by atoms with Gasteiger partial charge in [0, 0.05) is 4.90 Å². The van der Waals surface area contributed by atoms with E-state index in [1.54, 1.807) is 23.1 Å². The molecule has 4 aromatic rings. The maximum absolute atomic E-state index is 4.61. The highest BCUT2D eigenvalue weighted by Gasteiger charge is 2.10. The minimum absolute atomic E-state index is 0.747. The Morgan fingerprint density at radius 2 is 1.67 bits per heavy atom. The largest absolute Gasteiger partial charge is 0.234 e. The first-order valence-electron chi connectivity index (χ1n) is 7.50. The van der Waals surface area contributed by atoms with E-state index in [0.717, 1.165) is 27.1 Å². The van der Waals surface area contributed by atoms with Gasteiger partial charge in [0.05, 0.1) is 5.75 Å². The molecule has 2 aromatic heterocycles. The van der Waals surface area contributed by atoms with Crippen LogP contribution in [0, 0.1) is 0 Å². The van der Waals surface area contributed by atoms with Crippen LogP contribution in [-0.4, -0.2) is 19.8 Å². The topological polar surface area (TPSA) is 43.1 Å². The van der Waals surface area contributed by atoms with Gasteiger partial charge in [-0.05, 0) is 23.8 Å². The van der Waals surface area contributed by atoms with Crippen LogP contribution in [0.25, 0.3) is 17.1 Å². The standard InChI is InChI=1S/C18H14N4S2/c1-3-7-14(8-4-1)11-12-17-21-22-16(19-20-18(22)24-17)13-23-15-9-5-2-6-10-15/h1-12H,13H2/b12-11-. The van der Waals surface area contributed by atoms with Crippen LogP contribution in [0.5, 0.6) is 0 Å². The van der Waals surface area contributed by atoms with Gasteiger partial charge in [-0.15, -0.1) is 22.0 Å². The van der Waals surface area contributed by atoms with Gasteiger partial charge in [0.25, 0.3) is 0 Å². The minimum Gasteiger partial charge on any atom is -0.186 e. The summed E-state index contributed by atoms with van der Waals surface area (Å²) in [6, 6.07) is 20.5. The Balaban J connectivity index is 1.52. The van der Waals surface area contributed by atoms with Gasteiger partial charge in [-0.25, -0.2) is 0 Å². The SMILES string of the molecule is C(=C/c1nn2c(CSc3ccccc3)nnc2s1)/c1ccccc1. The molecule has 4 nitrogen and oxygen atoms in total. The van der Waals surface area contributed by atoms with Crippen LogP contribution in [0.3, 0.4) is 0 Å². The molecule has 0 bridgehead atoms. The summed E-state index contributed by atoms with van der Waals surface area (Å²) in [7, 11) is 0. The smallest absolute Gasteiger partial charge is 0.186 e. The van der Waals surface area contributed by atoms with Crippen LogP contribution in [0.1, 0.15) is 16.4 Å². The van der Waals surface area contributed by atoms with Crippen LogP contribution in [-0.2, 0) is 5.75 Å². The maximum atomic E-state index is 4.61. The molecule has 0 aliphatic carbocycles. The molecule has 0 spiro atoms. The van der Waals surface area contributed by atoms with E-state index in [4.69, 9.17) is 0 Å². The first-order chi connectivity index (χ1) is 11.9. The molecule has 0 saturated carbocycles. The molecule has 0 unspecified atom stereocenters. The second-order valence-electron chi connectivity index (χ2n) is 5.10. The number of benzene rings is 2. The Labute approximate surface area is 147 Å². The zero-order chi connectivity index (χ0) is 16.2. The van der Waals surface area contributed by atoms with Gasteiger partial charge in [-0.1, -0.05) is 65.9 Å². The van der Waals surface area contributed by atoms with E-state index in [1.165, 1.54) is 4.90 Å². The van der Waals surface area contributed by atoms with E-state index in [0.29, 0.717) is 0 Å². The number of aromatic nitrogens is 4. The molecule has 0 aliphatic heterocycles. The Bertz CT molecular complexity index is 959. The van der Waals surface area contributed by atoms with Crippen LogP contribution >= 0.6 is 23.1 Å². The number of hydrogen-bond donors (Lipinski definition) is 0. The fraction of sp³-hybridized carbons (Fsp3) is 0.0556. The highest BCUT2D eigenvalue weighted by atomic mass is 32.2. The number of nitrogens with zero attached hydrogens (tertiary/aromatic N) is 4. The average Bonchev–Trinajstić information content (AvgIpc) is 3.20. The monoisotopic (exact) mass is 350 g/mol. The summed E-state index contributed by atoms with van der Waals surface area (Å²) in [4.78, 5) is 2.04. The lowest BCUT2D eigenvalue weighted by atomic mass is 10.2. The zero-order valence-corrected chi connectivity index (χ0v) is 14.4. The maximum Gasteiger partial charge on any atom is 0.234 e. The van der Waals surface area contributed by atoms with Crippen molar-refractivity contribution in [3.63, 3.8) is 0 Å². The van der Waals surface area contributed by atoms with Crippen molar-refractivity contribution < 1.29 is 0 Å². The van der Waals surface area contributed by atoms with Crippen molar-refractivity contribution >= 4 is 40.2 Å². The molecular weight excluding hydrogens is 336 g/mol. The Morgan fingerprint density at radius 3 is 2.46 bits per heavy atom. The zero-order valence-electron chi connectivity index (χ0n) is 12.7. The van der Waals surface area contributed by atoms with Crippen LogP contribution < -0.4 is 0 Å². The van der Waals surface area contributed by atoms with E-state index in [1.807, 2.05) is 47.0 Å². The van der Waals surface area contributed by atoms with Crippen molar-refractivity contribution in [3.8, 4) is 0 Å². The molecule has 0 atom stereocenters. The molecule has 0 radical (unpaired) electrons. The molecule has 0 aliphatic rings. The summed E-state index contributed by atoms with van der Waals surface area (Å²) >= 11 is 3.28. The molecule has 2 aromatic carbocycles. The van der Waals surface area contributed by atoms with E-state index < -0.39 is 0 Å². The summed E-state index contributed by atoms with van der Waals surface area (Å²) in [5.74, 6) is 1.62. The van der Waals surface area contributed by atoms with Gasteiger partial charge >= 0.3 is 0 Å². The molecule has 0 fully saturated rings. The minimum atomic E-state index is 0.747. The third-order valence-electron chi connectivity index (χ3n) is 3.40. The third kappa shape index (κ3) is 3.39.